The van der Waals surface area contributed by atoms with E-state index in [0.29, 0.717) is 19.6 Å². The Balaban J connectivity index is 2.43. The number of esters is 1. The molecule has 0 aromatic heterocycles. The van der Waals surface area contributed by atoms with E-state index in [2.05, 4.69) is 5.32 Å². The number of aryl methyl sites for hydroxylation is 1. The maximum Gasteiger partial charge on any atom is 0.307 e. The number of anilines is 1. The number of rotatable bonds is 7. The molecule has 1 N–H and O–H groups in total. The second-order valence-corrected chi connectivity index (χ2v) is 5.09. The third kappa shape index (κ3) is 5.95. The van der Waals surface area contributed by atoms with Crippen molar-refractivity contribution in [1.82, 2.24) is 4.90 Å². The number of benzene rings is 1. The summed E-state index contributed by atoms with van der Waals surface area (Å²) >= 11 is 0. The Labute approximate surface area is 126 Å². The Morgan fingerprint density at radius 1 is 1.29 bits per heavy atom. The largest absolute Gasteiger partial charge is 0.466 e. The van der Waals surface area contributed by atoms with E-state index >= 15 is 0 Å². The van der Waals surface area contributed by atoms with E-state index in [1.54, 1.807) is 11.8 Å². The van der Waals surface area contributed by atoms with Crippen molar-refractivity contribution in [2.75, 3.05) is 32.1 Å². The van der Waals surface area contributed by atoms with Crippen LogP contribution in [-0.2, 0) is 14.3 Å². The summed E-state index contributed by atoms with van der Waals surface area (Å²) in [7, 11) is 1.81. The molecule has 0 radical (unpaired) electrons. The van der Waals surface area contributed by atoms with Crippen LogP contribution in [-0.4, -0.2) is 43.5 Å². The fraction of sp³-hybridized carbons (Fsp3) is 0.500. The zero-order valence-corrected chi connectivity index (χ0v) is 13.2. The Morgan fingerprint density at radius 2 is 2.00 bits per heavy atom. The van der Waals surface area contributed by atoms with E-state index in [0.717, 1.165) is 16.8 Å². The number of ether oxygens (including phenoxy) is 1. The Bertz CT molecular complexity index is 500. The van der Waals surface area contributed by atoms with Crippen LogP contribution in [0.25, 0.3) is 0 Å². The lowest BCUT2D eigenvalue weighted by molar-refractivity contribution is -0.143. The minimum absolute atomic E-state index is 0.0879. The second kappa shape index (κ2) is 8.42. The van der Waals surface area contributed by atoms with Gasteiger partial charge in [-0.25, -0.2) is 0 Å². The highest BCUT2D eigenvalue weighted by molar-refractivity contribution is 5.93. The van der Waals surface area contributed by atoms with Gasteiger partial charge < -0.3 is 10.1 Å². The predicted molar refractivity (Wildman–Crippen MR) is 83.3 cm³/mol. The third-order valence-corrected chi connectivity index (χ3v) is 3.30. The van der Waals surface area contributed by atoms with Crippen LogP contribution in [0.5, 0.6) is 0 Å². The van der Waals surface area contributed by atoms with Crippen LogP contribution in [0, 0.1) is 13.8 Å². The Hall–Kier alpha value is -1.88. The number of amides is 1. The maximum atomic E-state index is 12.0. The fourth-order valence-corrected chi connectivity index (χ4v) is 1.92. The highest BCUT2D eigenvalue weighted by Gasteiger charge is 2.10. The summed E-state index contributed by atoms with van der Waals surface area (Å²) in [6, 6.07) is 5.82. The normalized spacial score (nSPS) is 10.5. The molecular weight excluding hydrogens is 268 g/mol. The number of likely N-dealkylation sites (N-methyl/N-ethyl adjacent to an activating group) is 1. The van der Waals surface area contributed by atoms with Crippen molar-refractivity contribution >= 4 is 17.6 Å². The molecule has 0 bridgehead atoms. The maximum absolute atomic E-state index is 12.0. The topological polar surface area (TPSA) is 58.6 Å². The van der Waals surface area contributed by atoms with Gasteiger partial charge in [0.2, 0.25) is 5.91 Å². The van der Waals surface area contributed by atoms with Crippen LogP contribution >= 0.6 is 0 Å². The van der Waals surface area contributed by atoms with Gasteiger partial charge >= 0.3 is 5.97 Å². The van der Waals surface area contributed by atoms with Gasteiger partial charge in [0.15, 0.2) is 0 Å². The van der Waals surface area contributed by atoms with Gasteiger partial charge in [0.1, 0.15) is 0 Å². The molecule has 0 aliphatic rings. The zero-order chi connectivity index (χ0) is 15.8. The molecule has 0 unspecified atom stereocenters. The molecule has 0 atom stereocenters. The molecule has 0 fully saturated rings. The quantitative estimate of drug-likeness (QED) is 0.782. The average molecular weight is 292 g/mol. The summed E-state index contributed by atoms with van der Waals surface area (Å²) in [4.78, 5) is 25.0. The fourth-order valence-electron chi connectivity index (χ4n) is 1.92. The Kier molecular flexibility index (Phi) is 6.88. The molecule has 0 aliphatic heterocycles. The first kappa shape index (κ1) is 17.2. The second-order valence-electron chi connectivity index (χ2n) is 5.09. The van der Waals surface area contributed by atoms with Crippen LogP contribution in [0.3, 0.4) is 0 Å². The third-order valence-electron chi connectivity index (χ3n) is 3.30. The molecule has 21 heavy (non-hydrogen) atoms. The highest BCUT2D eigenvalue weighted by atomic mass is 16.5. The molecule has 116 valence electrons. The molecule has 5 heteroatoms. The van der Waals surface area contributed by atoms with Gasteiger partial charge in [-0.15, -0.1) is 0 Å². The smallest absolute Gasteiger partial charge is 0.307 e. The monoisotopic (exact) mass is 292 g/mol. The molecule has 1 aromatic carbocycles. The molecule has 0 heterocycles. The van der Waals surface area contributed by atoms with E-state index in [9.17, 15) is 9.59 Å². The van der Waals surface area contributed by atoms with E-state index in [1.807, 2.05) is 39.1 Å². The van der Waals surface area contributed by atoms with Crippen LogP contribution in [0.2, 0.25) is 0 Å². The molecule has 1 aromatic rings. The van der Waals surface area contributed by atoms with E-state index in [1.165, 1.54) is 0 Å². The number of nitrogens with one attached hydrogen (secondary N) is 1. The van der Waals surface area contributed by atoms with Crippen LogP contribution in [0.1, 0.15) is 24.5 Å². The van der Waals surface area contributed by atoms with Crippen molar-refractivity contribution in [3.8, 4) is 0 Å². The average Bonchev–Trinajstić information content (AvgIpc) is 2.42. The summed E-state index contributed by atoms with van der Waals surface area (Å²) in [5.74, 6) is -0.325. The summed E-state index contributed by atoms with van der Waals surface area (Å²) in [6.45, 7) is 6.90. The molecule has 0 spiro atoms. The number of hydrogen-bond acceptors (Lipinski definition) is 4. The summed E-state index contributed by atoms with van der Waals surface area (Å²) in [5, 5.41) is 2.90. The Morgan fingerprint density at radius 3 is 2.67 bits per heavy atom. The van der Waals surface area contributed by atoms with Crippen LogP contribution in [0.4, 0.5) is 5.69 Å². The van der Waals surface area contributed by atoms with E-state index < -0.39 is 0 Å². The molecule has 1 rings (SSSR count). The summed E-state index contributed by atoms with van der Waals surface area (Å²) in [5.41, 5.74) is 3.04. The van der Waals surface area contributed by atoms with Crippen LogP contribution < -0.4 is 5.32 Å². The van der Waals surface area contributed by atoms with Gasteiger partial charge in [0.25, 0.3) is 0 Å². The van der Waals surface area contributed by atoms with E-state index in [-0.39, 0.29) is 18.4 Å². The predicted octanol–water partition coefficient (Wildman–Crippen LogP) is 2.13. The minimum Gasteiger partial charge on any atom is -0.466 e. The minimum atomic E-state index is -0.237. The van der Waals surface area contributed by atoms with Crippen molar-refractivity contribution in [3.05, 3.63) is 29.3 Å². The molecule has 0 saturated heterocycles. The van der Waals surface area contributed by atoms with Crippen LogP contribution in [0.15, 0.2) is 18.2 Å². The number of nitrogens with zero attached hydrogens (tertiary/aromatic N) is 1. The number of hydrogen-bond donors (Lipinski definition) is 1. The van der Waals surface area contributed by atoms with Crippen molar-refractivity contribution in [2.45, 2.75) is 27.2 Å². The molecule has 5 nitrogen and oxygen atoms in total. The lowest BCUT2D eigenvalue weighted by Gasteiger charge is -2.16. The summed E-state index contributed by atoms with van der Waals surface area (Å²) in [6.07, 6.45) is 0.293. The zero-order valence-electron chi connectivity index (χ0n) is 13.2. The van der Waals surface area contributed by atoms with Gasteiger partial charge in [-0.05, 0) is 45.0 Å². The van der Waals surface area contributed by atoms with Gasteiger partial charge in [-0.1, -0.05) is 12.1 Å². The van der Waals surface area contributed by atoms with Gasteiger partial charge in [-0.2, -0.15) is 0 Å². The highest BCUT2D eigenvalue weighted by Crippen LogP contribution is 2.17. The SMILES string of the molecule is CCOC(=O)CCN(C)CC(=O)Nc1cccc(C)c1C. The first-order valence-corrected chi connectivity index (χ1v) is 7.14. The molecule has 1 amide bonds. The van der Waals surface area contributed by atoms with Gasteiger partial charge in [-0.3, -0.25) is 14.5 Å². The molecular formula is C16H24N2O3. The standard InChI is InChI=1S/C16H24N2O3/c1-5-21-16(20)9-10-18(4)11-15(19)17-14-8-6-7-12(2)13(14)3/h6-8H,5,9-11H2,1-4H3,(H,17,19). The number of carbonyl (C=O) groups excluding carboxylic acids is 2. The van der Waals surface area contributed by atoms with Gasteiger partial charge in [0, 0.05) is 12.2 Å². The van der Waals surface area contributed by atoms with Crippen molar-refractivity contribution in [2.24, 2.45) is 0 Å². The molecule has 0 saturated carbocycles. The van der Waals surface area contributed by atoms with E-state index in [4.69, 9.17) is 4.74 Å². The van der Waals surface area contributed by atoms with Gasteiger partial charge in [0.05, 0.1) is 19.6 Å². The first-order chi connectivity index (χ1) is 9.93. The molecule has 0 aliphatic carbocycles. The van der Waals surface area contributed by atoms with Crippen molar-refractivity contribution in [3.63, 3.8) is 0 Å². The lowest BCUT2D eigenvalue weighted by Crippen LogP contribution is -2.32. The number of carbonyl (C=O) groups is 2. The lowest BCUT2D eigenvalue weighted by atomic mass is 10.1. The van der Waals surface area contributed by atoms with Crippen molar-refractivity contribution in [1.29, 1.82) is 0 Å². The van der Waals surface area contributed by atoms with Crippen molar-refractivity contribution < 1.29 is 14.3 Å². The first-order valence-electron chi connectivity index (χ1n) is 7.14. The summed E-state index contributed by atoms with van der Waals surface area (Å²) < 4.78 is 4.86.